The molecule has 1 amide bonds. The van der Waals surface area contributed by atoms with Crippen molar-refractivity contribution in [3.05, 3.63) is 0 Å². The van der Waals surface area contributed by atoms with E-state index in [-0.39, 0.29) is 18.0 Å². The summed E-state index contributed by atoms with van der Waals surface area (Å²) in [7, 11) is 0. The molecule has 1 aliphatic carbocycles. The van der Waals surface area contributed by atoms with Gasteiger partial charge in [0, 0.05) is 32.2 Å². The van der Waals surface area contributed by atoms with E-state index >= 15 is 0 Å². The monoisotopic (exact) mass is 335 g/mol. The Labute approximate surface area is 136 Å². The number of rotatable bonds is 4. The fraction of sp³-hybridized carbons (Fsp3) is 0.938. The van der Waals surface area contributed by atoms with Crippen LogP contribution in [0.2, 0.25) is 0 Å². The summed E-state index contributed by atoms with van der Waals surface area (Å²) >= 11 is 0. The van der Waals surface area contributed by atoms with Gasteiger partial charge < -0.3 is 5.32 Å². The van der Waals surface area contributed by atoms with E-state index in [1.54, 1.807) is 0 Å². The molecule has 1 heterocycles. The van der Waals surface area contributed by atoms with Crippen molar-refractivity contribution < 1.29 is 18.0 Å². The number of amides is 1. The molecule has 4 nitrogen and oxygen atoms in total. The van der Waals surface area contributed by atoms with E-state index in [0.29, 0.717) is 26.2 Å². The number of halogens is 3. The second-order valence-corrected chi connectivity index (χ2v) is 6.81. The van der Waals surface area contributed by atoms with Crippen LogP contribution < -0.4 is 5.32 Å². The zero-order valence-corrected chi connectivity index (χ0v) is 14.0. The molecule has 1 saturated heterocycles. The van der Waals surface area contributed by atoms with Crippen LogP contribution in [0.25, 0.3) is 0 Å². The third-order valence-corrected chi connectivity index (χ3v) is 5.25. The Morgan fingerprint density at radius 3 is 2.04 bits per heavy atom. The molecule has 2 aliphatic rings. The van der Waals surface area contributed by atoms with Gasteiger partial charge in [0.2, 0.25) is 5.91 Å². The van der Waals surface area contributed by atoms with Crippen LogP contribution in [-0.2, 0) is 4.79 Å². The molecule has 1 N–H and O–H groups in total. The minimum absolute atomic E-state index is 0.00854. The lowest BCUT2D eigenvalue weighted by molar-refractivity contribution is -0.183. The average molecular weight is 335 g/mol. The molecule has 0 spiro atoms. The highest BCUT2D eigenvalue weighted by atomic mass is 19.4. The van der Waals surface area contributed by atoms with Crippen LogP contribution in [0.4, 0.5) is 13.2 Å². The number of nitrogens with zero attached hydrogens (tertiary/aromatic N) is 2. The molecule has 7 heteroatoms. The lowest BCUT2D eigenvalue weighted by Crippen LogP contribution is -2.58. The zero-order valence-electron chi connectivity index (χ0n) is 14.0. The van der Waals surface area contributed by atoms with Crippen molar-refractivity contribution in [2.45, 2.75) is 70.3 Å². The van der Waals surface area contributed by atoms with E-state index in [2.05, 4.69) is 5.32 Å². The standard InChI is InChI=1S/C16H28F3N3O/c1-12(15(23)20-14-6-4-3-5-7-14)21-8-10-22(11-9-21)13(2)16(17,18)19/h12-14H,3-11H2,1-2H3,(H,20,23)/t12-,13-/m0/s1. The molecule has 23 heavy (non-hydrogen) atoms. The quantitative estimate of drug-likeness (QED) is 0.857. The Morgan fingerprint density at radius 1 is 1.00 bits per heavy atom. The van der Waals surface area contributed by atoms with E-state index in [9.17, 15) is 18.0 Å². The molecule has 0 unspecified atom stereocenters. The topological polar surface area (TPSA) is 35.6 Å². The molecule has 0 radical (unpaired) electrons. The maximum absolute atomic E-state index is 12.8. The van der Waals surface area contributed by atoms with Gasteiger partial charge in [-0.15, -0.1) is 0 Å². The first-order chi connectivity index (χ1) is 10.8. The molecule has 1 saturated carbocycles. The Balaban J connectivity index is 1.78. The molecule has 1 aliphatic heterocycles. The predicted molar refractivity (Wildman–Crippen MR) is 83.1 cm³/mol. The summed E-state index contributed by atoms with van der Waals surface area (Å²) in [4.78, 5) is 15.8. The zero-order chi connectivity index (χ0) is 17.0. The predicted octanol–water partition coefficient (Wildman–Crippen LogP) is 2.39. The van der Waals surface area contributed by atoms with E-state index in [1.807, 2.05) is 11.8 Å². The molecule has 134 valence electrons. The Bertz CT molecular complexity index is 389. The highest BCUT2D eigenvalue weighted by Crippen LogP contribution is 2.25. The summed E-state index contributed by atoms with van der Waals surface area (Å²) in [5, 5.41) is 3.10. The molecular weight excluding hydrogens is 307 g/mol. The SMILES string of the molecule is C[C@H](N1CCN([C@@H](C)C(=O)NC2CCCCC2)CC1)C(F)(F)F. The van der Waals surface area contributed by atoms with E-state index in [1.165, 1.54) is 18.2 Å². The number of carbonyl (C=O) groups excluding carboxylic acids is 1. The molecule has 0 bridgehead atoms. The lowest BCUT2D eigenvalue weighted by Gasteiger charge is -2.40. The minimum atomic E-state index is -4.19. The lowest BCUT2D eigenvalue weighted by atomic mass is 9.95. The van der Waals surface area contributed by atoms with Gasteiger partial charge in [0.25, 0.3) is 0 Å². The fourth-order valence-corrected chi connectivity index (χ4v) is 3.45. The first kappa shape index (κ1) is 18.5. The molecular formula is C16H28F3N3O. The van der Waals surface area contributed by atoms with E-state index in [0.717, 1.165) is 25.7 Å². The highest BCUT2D eigenvalue weighted by Gasteiger charge is 2.41. The Kier molecular flexibility index (Phi) is 6.31. The van der Waals surface area contributed by atoms with Gasteiger partial charge in [-0.3, -0.25) is 14.6 Å². The van der Waals surface area contributed by atoms with Gasteiger partial charge in [-0.2, -0.15) is 13.2 Å². The molecule has 0 aromatic carbocycles. The van der Waals surface area contributed by atoms with Crippen molar-refractivity contribution in [2.24, 2.45) is 0 Å². The maximum Gasteiger partial charge on any atom is 0.403 e. The minimum Gasteiger partial charge on any atom is -0.352 e. The van der Waals surface area contributed by atoms with Crippen molar-refractivity contribution in [3.8, 4) is 0 Å². The summed E-state index contributed by atoms with van der Waals surface area (Å²) in [5.74, 6) is 0.00854. The van der Waals surface area contributed by atoms with Crippen LogP contribution in [0.5, 0.6) is 0 Å². The van der Waals surface area contributed by atoms with E-state index in [4.69, 9.17) is 0 Å². The van der Waals surface area contributed by atoms with Crippen LogP contribution in [0.15, 0.2) is 0 Å². The number of piperazine rings is 1. The fourth-order valence-electron chi connectivity index (χ4n) is 3.45. The third kappa shape index (κ3) is 5.08. The normalized spacial score (nSPS) is 25.1. The number of hydrogen-bond donors (Lipinski definition) is 1. The summed E-state index contributed by atoms with van der Waals surface area (Å²) in [6, 6.07) is -1.43. The van der Waals surface area contributed by atoms with Gasteiger partial charge in [-0.1, -0.05) is 19.3 Å². The number of hydrogen-bond acceptors (Lipinski definition) is 3. The van der Waals surface area contributed by atoms with Crippen molar-refractivity contribution in [1.29, 1.82) is 0 Å². The van der Waals surface area contributed by atoms with Gasteiger partial charge in [-0.25, -0.2) is 0 Å². The average Bonchev–Trinajstić information content (AvgIpc) is 2.53. The molecule has 2 atom stereocenters. The van der Waals surface area contributed by atoms with Crippen molar-refractivity contribution in [3.63, 3.8) is 0 Å². The van der Waals surface area contributed by atoms with Crippen LogP contribution in [0, 0.1) is 0 Å². The highest BCUT2D eigenvalue weighted by molar-refractivity contribution is 5.81. The van der Waals surface area contributed by atoms with Gasteiger partial charge >= 0.3 is 6.18 Å². The largest absolute Gasteiger partial charge is 0.403 e. The first-order valence-electron chi connectivity index (χ1n) is 8.64. The number of carbonyl (C=O) groups is 1. The van der Waals surface area contributed by atoms with Crippen LogP contribution in [-0.4, -0.2) is 66.2 Å². The van der Waals surface area contributed by atoms with Gasteiger partial charge in [-0.05, 0) is 26.7 Å². The van der Waals surface area contributed by atoms with Gasteiger partial charge in [0.05, 0.1) is 6.04 Å². The molecule has 2 rings (SSSR count). The summed E-state index contributed by atoms with van der Waals surface area (Å²) in [6.07, 6.45) is 1.44. The molecule has 2 fully saturated rings. The molecule has 0 aromatic rings. The second-order valence-electron chi connectivity index (χ2n) is 6.81. The third-order valence-electron chi connectivity index (χ3n) is 5.25. The van der Waals surface area contributed by atoms with Crippen molar-refractivity contribution in [1.82, 2.24) is 15.1 Å². The number of alkyl halides is 3. The number of nitrogens with one attached hydrogen (secondary N) is 1. The Hall–Kier alpha value is -0.820. The maximum atomic E-state index is 12.8. The van der Waals surface area contributed by atoms with Crippen LogP contribution >= 0.6 is 0 Å². The van der Waals surface area contributed by atoms with Crippen molar-refractivity contribution >= 4 is 5.91 Å². The van der Waals surface area contributed by atoms with Crippen LogP contribution in [0.1, 0.15) is 46.0 Å². The second kappa shape index (κ2) is 7.83. The van der Waals surface area contributed by atoms with Crippen molar-refractivity contribution in [2.75, 3.05) is 26.2 Å². The van der Waals surface area contributed by atoms with E-state index < -0.39 is 12.2 Å². The summed E-state index contributed by atoms with van der Waals surface area (Å²) < 4.78 is 38.3. The molecule has 0 aromatic heterocycles. The summed E-state index contributed by atoms with van der Waals surface area (Å²) in [6.45, 7) is 4.75. The first-order valence-corrected chi connectivity index (χ1v) is 8.64. The Morgan fingerprint density at radius 2 is 1.52 bits per heavy atom. The smallest absolute Gasteiger partial charge is 0.352 e. The van der Waals surface area contributed by atoms with Crippen LogP contribution in [0.3, 0.4) is 0 Å². The van der Waals surface area contributed by atoms with Gasteiger partial charge in [0.15, 0.2) is 0 Å². The summed E-state index contributed by atoms with van der Waals surface area (Å²) in [5.41, 5.74) is 0. The van der Waals surface area contributed by atoms with Gasteiger partial charge in [0.1, 0.15) is 6.04 Å².